The maximum atomic E-state index is 14.4. The summed E-state index contributed by atoms with van der Waals surface area (Å²) in [6, 6.07) is 33.1. The maximum absolute atomic E-state index is 14.4. The highest BCUT2D eigenvalue weighted by molar-refractivity contribution is 5.90. The smallest absolute Gasteiger partial charge is 0.339 e. The van der Waals surface area contributed by atoms with Gasteiger partial charge >= 0.3 is 17.6 Å². The standard InChI is InChI=1S/C49H52O7/c1-30(2)39-23-21-32-15-17-35(18-16-32)27-37(20-19-34-13-10-14-36(26-34)25-33-11-8-7-9-12-33)28-42(50)53-45-43-41(56-49(5,6)46(45)55-47(39)51)24-22-38-29-40(31(3)4)48(52)54-44(38)43/h7-18,22,24,26,29,31,37,45-46H,19-21,23,25,27-28H2,1-6H3. The SMILES string of the molecule is CC(C)=C1CCc2ccc(cc2)CC(CCc2cccc(Cc3ccccc3)c2)CC(=O)OC2c3c(ccc4cc(C(C)C)c(=O)oc34)OC(C)(C)C2OC1=O. The van der Waals surface area contributed by atoms with E-state index in [-0.39, 0.29) is 23.8 Å². The summed E-state index contributed by atoms with van der Waals surface area (Å²) in [6.07, 6.45) is 2.27. The molecule has 0 amide bonds. The molecule has 5 aromatic rings. The molecule has 4 heterocycles. The van der Waals surface area contributed by atoms with E-state index in [4.69, 9.17) is 18.6 Å². The number of ether oxygens (including phenoxy) is 3. The van der Waals surface area contributed by atoms with E-state index in [1.165, 1.54) is 16.7 Å². The summed E-state index contributed by atoms with van der Waals surface area (Å²) in [5, 5.41) is 0.670. The largest absolute Gasteiger partial charge is 0.483 e. The Morgan fingerprint density at radius 1 is 0.768 bits per heavy atom. The monoisotopic (exact) mass is 752 g/mol. The summed E-state index contributed by atoms with van der Waals surface area (Å²) in [4.78, 5) is 41.8. The lowest BCUT2D eigenvalue weighted by atomic mass is 9.86. The van der Waals surface area contributed by atoms with E-state index < -0.39 is 35.4 Å². The molecule has 3 aliphatic heterocycles. The van der Waals surface area contributed by atoms with Crippen LogP contribution in [0.4, 0.5) is 0 Å². The van der Waals surface area contributed by atoms with E-state index in [1.807, 2.05) is 65.8 Å². The van der Waals surface area contributed by atoms with E-state index in [2.05, 4.69) is 72.8 Å². The molecule has 0 radical (unpaired) electrons. The highest BCUT2D eigenvalue weighted by atomic mass is 16.6. The van der Waals surface area contributed by atoms with Crippen LogP contribution in [0.5, 0.6) is 5.75 Å². The normalized spacial score (nSPS) is 19.8. The van der Waals surface area contributed by atoms with Crippen LogP contribution in [0.15, 0.2) is 117 Å². The van der Waals surface area contributed by atoms with Crippen LogP contribution in [-0.2, 0) is 44.7 Å². The van der Waals surface area contributed by atoms with E-state index in [1.54, 1.807) is 0 Å². The molecule has 3 unspecified atom stereocenters. The zero-order valence-electron chi connectivity index (χ0n) is 33.4. The first-order valence-electron chi connectivity index (χ1n) is 19.9. The predicted molar refractivity (Wildman–Crippen MR) is 219 cm³/mol. The minimum atomic E-state index is -1.10. The molecule has 0 fully saturated rings. The van der Waals surface area contributed by atoms with Gasteiger partial charge in [0.2, 0.25) is 0 Å². The van der Waals surface area contributed by atoms with Gasteiger partial charge in [-0.15, -0.1) is 0 Å². The number of carbonyl (C=O) groups is 2. The van der Waals surface area contributed by atoms with Gasteiger partial charge in [0.15, 0.2) is 12.2 Å². The summed E-state index contributed by atoms with van der Waals surface area (Å²) in [7, 11) is 0. The Bertz CT molecular complexity index is 2310. The zero-order valence-corrected chi connectivity index (χ0v) is 33.4. The predicted octanol–water partition coefficient (Wildman–Crippen LogP) is 10.3. The van der Waals surface area contributed by atoms with Gasteiger partial charge in [-0.1, -0.05) is 98.3 Å². The lowest BCUT2D eigenvalue weighted by Gasteiger charge is -2.43. The average Bonchev–Trinajstić information content (AvgIpc) is 3.15. The van der Waals surface area contributed by atoms with Gasteiger partial charge in [0.1, 0.15) is 16.9 Å². The molecule has 0 saturated heterocycles. The van der Waals surface area contributed by atoms with Crippen molar-refractivity contribution in [3.05, 3.63) is 158 Å². The molecule has 8 rings (SSSR count). The van der Waals surface area contributed by atoms with E-state index >= 15 is 0 Å². The van der Waals surface area contributed by atoms with Crippen LogP contribution < -0.4 is 10.4 Å². The molecule has 7 heteroatoms. The number of hydrogen-bond acceptors (Lipinski definition) is 7. The molecule has 0 saturated carbocycles. The number of esters is 2. The highest BCUT2D eigenvalue weighted by Crippen LogP contribution is 2.47. The fourth-order valence-corrected chi connectivity index (χ4v) is 8.13. The van der Waals surface area contributed by atoms with Crippen LogP contribution in [-0.4, -0.2) is 23.6 Å². The third-order valence-electron chi connectivity index (χ3n) is 11.3. The molecule has 0 spiro atoms. The van der Waals surface area contributed by atoms with Gasteiger partial charge in [0.25, 0.3) is 0 Å². The Morgan fingerprint density at radius 3 is 2.21 bits per heavy atom. The van der Waals surface area contributed by atoms with Crippen LogP contribution in [0.3, 0.4) is 0 Å². The van der Waals surface area contributed by atoms with Gasteiger partial charge in [0, 0.05) is 22.9 Å². The van der Waals surface area contributed by atoms with Gasteiger partial charge in [-0.3, -0.25) is 4.79 Å². The van der Waals surface area contributed by atoms with E-state index in [0.717, 1.165) is 36.0 Å². The average molecular weight is 753 g/mol. The molecule has 7 nitrogen and oxygen atoms in total. The molecule has 0 aliphatic carbocycles. The second-order valence-corrected chi connectivity index (χ2v) is 16.6. The molecular weight excluding hydrogens is 701 g/mol. The number of allylic oxidation sites excluding steroid dienone is 1. The molecule has 56 heavy (non-hydrogen) atoms. The second-order valence-electron chi connectivity index (χ2n) is 16.6. The van der Waals surface area contributed by atoms with E-state index in [0.29, 0.717) is 47.1 Å². The minimum absolute atomic E-state index is 0.0383. The van der Waals surface area contributed by atoms with Gasteiger partial charge in [-0.2, -0.15) is 0 Å². The summed E-state index contributed by atoms with van der Waals surface area (Å²) in [6.45, 7) is 11.3. The van der Waals surface area contributed by atoms with Gasteiger partial charge < -0.3 is 18.6 Å². The molecule has 2 bridgehead atoms. The Morgan fingerprint density at radius 2 is 1.48 bits per heavy atom. The lowest BCUT2D eigenvalue weighted by molar-refractivity contribution is -0.188. The highest BCUT2D eigenvalue weighted by Gasteiger charge is 2.50. The van der Waals surface area contributed by atoms with Crippen molar-refractivity contribution >= 4 is 22.9 Å². The molecule has 4 aromatic carbocycles. The molecule has 3 atom stereocenters. The van der Waals surface area contributed by atoms with Gasteiger partial charge in [-0.05, 0) is 124 Å². The quantitative estimate of drug-likeness (QED) is 0.0969. The third-order valence-corrected chi connectivity index (χ3v) is 11.3. The summed E-state index contributed by atoms with van der Waals surface area (Å²) < 4.78 is 25.4. The first-order chi connectivity index (χ1) is 26.8. The Hall–Kier alpha value is -5.43. The van der Waals surface area contributed by atoms with Gasteiger partial charge in [-0.25, -0.2) is 9.59 Å². The fraction of sp³-hybridized carbons (Fsp3) is 0.367. The van der Waals surface area contributed by atoms with Crippen molar-refractivity contribution in [3.63, 3.8) is 0 Å². The van der Waals surface area contributed by atoms with Crippen molar-refractivity contribution in [1.29, 1.82) is 0 Å². The van der Waals surface area contributed by atoms with Crippen molar-refractivity contribution in [1.82, 2.24) is 0 Å². The van der Waals surface area contributed by atoms with Gasteiger partial charge in [0.05, 0.1) is 5.56 Å². The summed E-state index contributed by atoms with van der Waals surface area (Å²) in [5.74, 6) is -0.597. The second kappa shape index (κ2) is 16.4. The Labute approximate surface area is 329 Å². The maximum Gasteiger partial charge on any atom is 0.339 e. The first kappa shape index (κ1) is 38.8. The first-order valence-corrected chi connectivity index (χ1v) is 19.9. The molecular formula is C49H52O7. The fourth-order valence-electron chi connectivity index (χ4n) is 8.13. The minimum Gasteiger partial charge on any atom is -0.483 e. The zero-order chi connectivity index (χ0) is 39.6. The van der Waals surface area contributed by atoms with Crippen molar-refractivity contribution in [3.8, 4) is 5.75 Å². The van der Waals surface area contributed by atoms with Crippen molar-refractivity contribution < 1.29 is 28.2 Å². The third kappa shape index (κ3) is 8.67. The van der Waals surface area contributed by atoms with Crippen molar-refractivity contribution in [2.24, 2.45) is 5.92 Å². The number of carbonyl (C=O) groups excluding carboxylic acids is 2. The number of fused-ring (bicyclic) bond motifs is 13. The van der Waals surface area contributed by atoms with Crippen molar-refractivity contribution in [2.75, 3.05) is 0 Å². The lowest BCUT2D eigenvalue weighted by Crippen LogP contribution is -2.52. The summed E-state index contributed by atoms with van der Waals surface area (Å²) >= 11 is 0. The van der Waals surface area contributed by atoms with Crippen LogP contribution in [0.2, 0.25) is 0 Å². The molecule has 290 valence electrons. The molecule has 0 N–H and O–H groups in total. The number of rotatable bonds is 6. The van der Waals surface area contributed by atoms with Crippen LogP contribution in [0.25, 0.3) is 11.0 Å². The van der Waals surface area contributed by atoms with Crippen LogP contribution in [0, 0.1) is 5.92 Å². The number of hydrogen-bond donors (Lipinski definition) is 0. The number of aryl methyl sites for hydroxylation is 2. The molecule has 1 aromatic heterocycles. The number of benzene rings is 4. The van der Waals surface area contributed by atoms with Crippen molar-refractivity contribution in [2.45, 2.75) is 110 Å². The molecule has 3 aliphatic rings. The Balaban J connectivity index is 1.26. The van der Waals surface area contributed by atoms with Crippen LogP contribution >= 0.6 is 0 Å². The Kier molecular flexibility index (Phi) is 11.3. The topological polar surface area (TPSA) is 92.0 Å². The van der Waals surface area contributed by atoms with E-state index in [9.17, 15) is 14.4 Å². The summed E-state index contributed by atoms with van der Waals surface area (Å²) in [5.41, 5.74) is 7.03. The van der Waals surface area contributed by atoms with Crippen LogP contribution in [0.1, 0.15) is 112 Å².